The van der Waals surface area contributed by atoms with Crippen LogP contribution in [0.15, 0.2) is 59.4 Å². The van der Waals surface area contributed by atoms with E-state index in [0.717, 1.165) is 41.7 Å². The number of likely N-dealkylation sites (tertiary alicyclic amines) is 1. The van der Waals surface area contributed by atoms with Crippen molar-refractivity contribution >= 4 is 10.9 Å². The molecule has 0 aliphatic carbocycles. The number of H-pyrrole nitrogens is 1. The molecule has 4 aromatic rings. The van der Waals surface area contributed by atoms with Crippen molar-refractivity contribution in [2.24, 2.45) is 5.92 Å². The minimum Gasteiger partial charge on any atom is -0.494 e. The van der Waals surface area contributed by atoms with E-state index in [1.54, 1.807) is 0 Å². The monoisotopic (exact) mass is 458 g/mol. The van der Waals surface area contributed by atoms with Crippen LogP contribution in [-0.4, -0.2) is 49.8 Å². The summed E-state index contributed by atoms with van der Waals surface area (Å²) in [6, 6.07) is 17.5. The third kappa shape index (κ3) is 4.59. The van der Waals surface area contributed by atoms with E-state index >= 15 is 0 Å². The number of rotatable bonds is 7. The topological polar surface area (TPSA) is 88.9 Å². The Kier molecular flexibility index (Phi) is 6.40. The van der Waals surface area contributed by atoms with Gasteiger partial charge >= 0.3 is 0 Å². The van der Waals surface area contributed by atoms with E-state index in [1.807, 2.05) is 54.1 Å². The predicted molar refractivity (Wildman–Crippen MR) is 131 cm³/mol. The molecule has 8 nitrogen and oxygen atoms in total. The van der Waals surface area contributed by atoms with Gasteiger partial charge < -0.3 is 9.72 Å². The largest absolute Gasteiger partial charge is 0.494 e. The minimum absolute atomic E-state index is 0.117. The van der Waals surface area contributed by atoms with Gasteiger partial charge in [0.25, 0.3) is 5.56 Å². The lowest BCUT2D eigenvalue weighted by Gasteiger charge is -2.36. The third-order valence-electron chi connectivity index (χ3n) is 6.48. The van der Waals surface area contributed by atoms with Gasteiger partial charge in [0.1, 0.15) is 11.8 Å². The van der Waals surface area contributed by atoms with Crippen molar-refractivity contribution < 1.29 is 4.74 Å². The molecule has 176 valence electrons. The van der Waals surface area contributed by atoms with E-state index in [1.165, 1.54) is 6.42 Å². The second kappa shape index (κ2) is 9.77. The Morgan fingerprint density at radius 2 is 2.03 bits per heavy atom. The van der Waals surface area contributed by atoms with Crippen molar-refractivity contribution in [3.05, 3.63) is 81.9 Å². The average Bonchev–Trinajstić information content (AvgIpc) is 3.28. The molecule has 34 heavy (non-hydrogen) atoms. The molecule has 0 bridgehead atoms. The first-order chi connectivity index (χ1) is 16.6. The van der Waals surface area contributed by atoms with E-state index in [2.05, 4.69) is 44.5 Å². The molecule has 2 aromatic heterocycles. The first-order valence-corrected chi connectivity index (χ1v) is 12.0. The molecule has 0 unspecified atom stereocenters. The third-order valence-corrected chi connectivity index (χ3v) is 6.48. The summed E-state index contributed by atoms with van der Waals surface area (Å²) in [4.78, 5) is 18.8. The van der Waals surface area contributed by atoms with Gasteiger partial charge in [-0.05, 0) is 72.5 Å². The molecular formula is C26H30N6O2. The first-order valence-electron chi connectivity index (χ1n) is 12.0. The Bertz CT molecular complexity index is 1320. The molecule has 1 saturated heterocycles. The van der Waals surface area contributed by atoms with Crippen molar-refractivity contribution in [3.8, 4) is 5.75 Å². The zero-order chi connectivity index (χ0) is 23.5. The van der Waals surface area contributed by atoms with Gasteiger partial charge in [-0.25, -0.2) is 4.68 Å². The van der Waals surface area contributed by atoms with Crippen molar-refractivity contribution in [2.75, 3.05) is 19.7 Å². The Morgan fingerprint density at radius 1 is 1.18 bits per heavy atom. The van der Waals surface area contributed by atoms with Gasteiger partial charge in [0.15, 0.2) is 5.82 Å². The number of fused-ring (bicyclic) bond motifs is 1. The van der Waals surface area contributed by atoms with Gasteiger partial charge in [-0.2, -0.15) is 0 Å². The summed E-state index contributed by atoms with van der Waals surface area (Å²) in [7, 11) is 0. The van der Waals surface area contributed by atoms with E-state index in [9.17, 15) is 4.79 Å². The average molecular weight is 459 g/mol. The second-order valence-corrected chi connectivity index (χ2v) is 9.06. The maximum absolute atomic E-state index is 13.4. The number of aromatic nitrogens is 5. The maximum atomic E-state index is 13.4. The van der Waals surface area contributed by atoms with Crippen LogP contribution in [-0.2, 0) is 6.54 Å². The van der Waals surface area contributed by atoms with Crippen LogP contribution in [0.4, 0.5) is 0 Å². The number of ether oxygens (including phenoxy) is 1. The van der Waals surface area contributed by atoms with Crippen molar-refractivity contribution in [2.45, 2.75) is 39.3 Å². The highest BCUT2D eigenvalue weighted by molar-refractivity contribution is 5.80. The number of benzene rings is 2. The number of tetrazole rings is 1. The van der Waals surface area contributed by atoms with Crippen LogP contribution in [0.1, 0.15) is 49.7 Å². The summed E-state index contributed by atoms with van der Waals surface area (Å²) >= 11 is 0. The number of aromatic amines is 1. The molecule has 5 rings (SSSR count). The van der Waals surface area contributed by atoms with Gasteiger partial charge in [0.2, 0.25) is 0 Å². The lowest BCUT2D eigenvalue weighted by molar-refractivity contribution is 0.141. The van der Waals surface area contributed by atoms with Crippen molar-refractivity contribution in [3.63, 3.8) is 0 Å². The summed E-state index contributed by atoms with van der Waals surface area (Å²) in [5.41, 5.74) is 2.43. The molecule has 8 heteroatoms. The molecule has 1 N–H and O–H groups in total. The molecule has 1 aliphatic heterocycles. The van der Waals surface area contributed by atoms with Gasteiger partial charge in [-0.15, -0.1) is 5.10 Å². The fourth-order valence-electron chi connectivity index (χ4n) is 4.90. The molecule has 3 heterocycles. The highest BCUT2D eigenvalue weighted by atomic mass is 16.5. The van der Waals surface area contributed by atoms with Crippen LogP contribution in [0.5, 0.6) is 5.75 Å². The summed E-state index contributed by atoms with van der Waals surface area (Å²) in [5.74, 6) is 2.01. The number of nitrogens with zero attached hydrogens (tertiary/aromatic N) is 5. The normalized spacial score (nSPS) is 17.6. The summed E-state index contributed by atoms with van der Waals surface area (Å²) in [6.45, 7) is 7.13. The molecule has 0 amide bonds. The zero-order valence-electron chi connectivity index (χ0n) is 19.6. The standard InChI is InChI=1S/C26H30N6O2/c1-3-34-21-11-12-23-20(14-21)15-22(26(33)27-23)24(31-13-7-8-18(2)16-31)25-28-29-30-32(25)17-19-9-5-4-6-10-19/h4-6,9-12,14-15,18,24H,3,7-8,13,16-17H2,1-2H3,(H,27,33)/t18-,24+/m1/s1. The van der Waals surface area contributed by atoms with E-state index in [-0.39, 0.29) is 11.6 Å². The number of pyridine rings is 1. The molecule has 2 atom stereocenters. The van der Waals surface area contributed by atoms with E-state index in [4.69, 9.17) is 4.74 Å². The fraction of sp³-hybridized carbons (Fsp3) is 0.385. The molecule has 0 saturated carbocycles. The molecule has 0 radical (unpaired) electrons. The summed E-state index contributed by atoms with van der Waals surface area (Å²) in [6.07, 6.45) is 2.27. The molecule has 0 spiro atoms. The summed E-state index contributed by atoms with van der Waals surface area (Å²) in [5, 5.41) is 13.7. The lowest BCUT2D eigenvalue weighted by atomic mass is 9.95. The second-order valence-electron chi connectivity index (χ2n) is 9.06. The maximum Gasteiger partial charge on any atom is 0.253 e. The van der Waals surface area contributed by atoms with Crippen molar-refractivity contribution in [1.82, 2.24) is 30.1 Å². The predicted octanol–water partition coefficient (Wildman–Crippen LogP) is 3.78. The van der Waals surface area contributed by atoms with Gasteiger partial charge in [0.05, 0.1) is 13.2 Å². The minimum atomic E-state index is -0.342. The number of nitrogens with one attached hydrogen (secondary N) is 1. The molecular weight excluding hydrogens is 428 g/mol. The van der Waals surface area contributed by atoms with Crippen LogP contribution in [0.2, 0.25) is 0 Å². The van der Waals surface area contributed by atoms with Gasteiger partial charge in [-0.3, -0.25) is 9.69 Å². The molecule has 1 aliphatic rings. The Balaban J connectivity index is 1.62. The quantitative estimate of drug-likeness (QED) is 0.453. The Labute approximate surface area is 198 Å². The van der Waals surface area contributed by atoms with E-state index < -0.39 is 0 Å². The SMILES string of the molecule is CCOc1ccc2[nH]c(=O)c([C@@H](c3nnnn3Cc3ccccc3)N3CCC[C@@H](C)C3)cc2c1. The van der Waals surface area contributed by atoms with Crippen molar-refractivity contribution in [1.29, 1.82) is 0 Å². The van der Waals surface area contributed by atoms with Crippen LogP contribution >= 0.6 is 0 Å². The number of piperidine rings is 1. The highest BCUT2D eigenvalue weighted by Gasteiger charge is 2.32. The van der Waals surface area contributed by atoms with Crippen LogP contribution < -0.4 is 10.3 Å². The highest BCUT2D eigenvalue weighted by Crippen LogP contribution is 2.31. The van der Waals surface area contributed by atoms with Crippen LogP contribution in [0.25, 0.3) is 10.9 Å². The lowest BCUT2D eigenvalue weighted by Crippen LogP contribution is -2.41. The molecule has 2 aromatic carbocycles. The number of hydrogen-bond donors (Lipinski definition) is 1. The summed E-state index contributed by atoms with van der Waals surface area (Å²) < 4.78 is 7.51. The Hall–Kier alpha value is -3.52. The first kappa shape index (κ1) is 22.3. The Morgan fingerprint density at radius 3 is 2.82 bits per heavy atom. The molecule has 1 fully saturated rings. The van der Waals surface area contributed by atoms with E-state index in [0.29, 0.717) is 30.5 Å². The van der Waals surface area contributed by atoms with Crippen LogP contribution in [0, 0.1) is 5.92 Å². The van der Waals surface area contributed by atoms with Crippen LogP contribution in [0.3, 0.4) is 0 Å². The fourth-order valence-corrected chi connectivity index (χ4v) is 4.90. The van der Waals surface area contributed by atoms with Gasteiger partial charge in [-0.1, -0.05) is 37.3 Å². The zero-order valence-corrected chi connectivity index (χ0v) is 19.6. The smallest absolute Gasteiger partial charge is 0.253 e. The van der Waals surface area contributed by atoms with Gasteiger partial charge in [0, 0.05) is 23.0 Å². The number of hydrogen-bond acceptors (Lipinski definition) is 6.